The molecule has 0 aliphatic heterocycles. The van der Waals surface area contributed by atoms with Crippen molar-refractivity contribution in [3.8, 4) is 0 Å². The molecule has 22 heavy (non-hydrogen) atoms. The molecular weight excluding hydrogens is 298 g/mol. The third-order valence-electron chi connectivity index (χ3n) is 3.92. The smallest absolute Gasteiger partial charge is 0.255 e. The summed E-state index contributed by atoms with van der Waals surface area (Å²) >= 11 is 1.59. The van der Waals surface area contributed by atoms with Crippen molar-refractivity contribution in [2.24, 2.45) is 0 Å². The largest absolute Gasteiger partial charge is 0.290 e. The molecule has 3 aromatic heterocycles. The van der Waals surface area contributed by atoms with Gasteiger partial charge in [-0.15, -0.1) is 10.2 Å². The number of aromatic nitrogens is 5. The number of nitrogens with zero attached hydrogens (tertiary/aromatic N) is 4. The SMILES string of the molecule is O=c1[nH]c2nnc(SCc3ccccn3)n2c2c1CCCC2. The number of nitrogens with one attached hydrogen (secondary N) is 1. The summed E-state index contributed by atoms with van der Waals surface area (Å²) in [5, 5.41) is 9.17. The van der Waals surface area contributed by atoms with Crippen LogP contribution in [0.25, 0.3) is 5.78 Å². The van der Waals surface area contributed by atoms with Gasteiger partial charge in [0.15, 0.2) is 5.16 Å². The van der Waals surface area contributed by atoms with E-state index in [9.17, 15) is 4.79 Å². The second kappa shape index (κ2) is 5.57. The molecule has 0 aromatic carbocycles. The predicted octanol–water partition coefficient (Wildman–Crippen LogP) is 1.98. The lowest BCUT2D eigenvalue weighted by atomic mass is 9.97. The summed E-state index contributed by atoms with van der Waals surface area (Å²) in [6.45, 7) is 0. The van der Waals surface area contributed by atoms with Gasteiger partial charge in [0.05, 0.1) is 5.69 Å². The number of hydrogen-bond acceptors (Lipinski definition) is 5. The molecule has 1 aliphatic rings. The second-order valence-electron chi connectivity index (χ2n) is 5.34. The Balaban J connectivity index is 1.74. The van der Waals surface area contributed by atoms with Gasteiger partial charge in [-0.1, -0.05) is 17.8 Å². The Morgan fingerprint density at radius 1 is 1.23 bits per heavy atom. The van der Waals surface area contributed by atoms with Gasteiger partial charge in [-0.05, 0) is 37.8 Å². The zero-order valence-corrected chi connectivity index (χ0v) is 12.8. The number of hydrogen-bond donors (Lipinski definition) is 1. The van der Waals surface area contributed by atoms with Gasteiger partial charge in [0.2, 0.25) is 5.78 Å². The van der Waals surface area contributed by atoms with Crippen molar-refractivity contribution in [2.75, 3.05) is 0 Å². The molecule has 0 fully saturated rings. The molecule has 0 spiro atoms. The van der Waals surface area contributed by atoms with Crippen molar-refractivity contribution in [3.63, 3.8) is 0 Å². The van der Waals surface area contributed by atoms with Crippen molar-refractivity contribution in [3.05, 3.63) is 51.7 Å². The van der Waals surface area contributed by atoms with Gasteiger partial charge in [-0.2, -0.15) is 0 Å². The van der Waals surface area contributed by atoms with Crippen molar-refractivity contribution in [1.82, 2.24) is 24.6 Å². The summed E-state index contributed by atoms with van der Waals surface area (Å²) in [5.74, 6) is 1.27. The predicted molar refractivity (Wildman–Crippen MR) is 84.0 cm³/mol. The first-order valence-electron chi connectivity index (χ1n) is 7.35. The molecule has 0 radical (unpaired) electrons. The van der Waals surface area contributed by atoms with E-state index in [0.29, 0.717) is 5.78 Å². The van der Waals surface area contributed by atoms with Crippen LogP contribution in [0, 0.1) is 0 Å². The van der Waals surface area contributed by atoms with Gasteiger partial charge in [0, 0.05) is 23.2 Å². The summed E-state index contributed by atoms with van der Waals surface area (Å²) in [5.41, 5.74) is 2.94. The summed E-state index contributed by atoms with van der Waals surface area (Å²) in [4.78, 5) is 19.3. The van der Waals surface area contributed by atoms with Gasteiger partial charge in [-0.3, -0.25) is 19.2 Å². The highest BCUT2D eigenvalue weighted by atomic mass is 32.2. The Morgan fingerprint density at radius 3 is 3.00 bits per heavy atom. The number of fused-ring (bicyclic) bond motifs is 3. The lowest BCUT2D eigenvalue weighted by Crippen LogP contribution is -2.22. The van der Waals surface area contributed by atoms with Crippen LogP contribution < -0.4 is 5.56 Å². The highest BCUT2D eigenvalue weighted by Crippen LogP contribution is 2.25. The first-order chi connectivity index (χ1) is 10.8. The van der Waals surface area contributed by atoms with E-state index in [4.69, 9.17) is 0 Å². The van der Waals surface area contributed by atoms with E-state index in [1.165, 1.54) is 0 Å². The van der Waals surface area contributed by atoms with E-state index >= 15 is 0 Å². The Morgan fingerprint density at radius 2 is 2.14 bits per heavy atom. The third-order valence-corrected chi connectivity index (χ3v) is 4.88. The molecule has 0 unspecified atom stereocenters. The molecule has 3 heterocycles. The van der Waals surface area contributed by atoms with E-state index in [2.05, 4.69) is 20.2 Å². The Hall–Kier alpha value is -2.15. The van der Waals surface area contributed by atoms with E-state index in [1.807, 2.05) is 22.6 Å². The molecule has 0 amide bonds. The molecule has 1 aliphatic carbocycles. The third kappa shape index (κ3) is 2.31. The molecular formula is C15H15N5OS. The van der Waals surface area contributed by atoms with Crippen LogP contribution in [0.5, 0.6) is 0 Å². The monoisotopic (exact) mass is 313 g/mol. The zero-order chi connectivity index (χ0) is 14.9. The maximum atomic E-state index is 12.1. The van der Waals surface area contributed by atoms with Gasteiger partial charge < -0.3 is 0 Å². The van der Waals surface area contributed by atoms with Crippen LogP contribution in [0.15, 0.2) is 34.3 Å². The number of aryl methyl sites for hydroxylation is 1. The van der Waals surface area contributed by atoms with Gasteiger partial charge in [0.1, 0.15) is 0 Å². The van der Waals surface area contributed by atoms with Gasteiger partial charge >= 0.3 is 0 Å². The van der Waals surface area contributed by atoms with Crippen LogP contribution in [-0.2, 0) is 18.6 Å². The van der Waals surface area contributed by atoms with Crippen LogP contribution in [0.1, 0.15) is 29.8 Å². The minimum absolute atomic E-state index is 0.0177. The highest BCUT2D eigenvalue weighted by molar-refractivity contribution is 7.98. The molecule has 0 saturated carbocycles. The fraction of sp³-hybridized carbons (Fsp3) is 0.333. The minimum atomic E-state index is -0.0177. The normalized spacial score (nSPS) is 14.2. The number of thioether (sulfide) groups is 1. The van der Waals surface area contributed by atoms with Crippen molar-refractivity contribution in [1.29, 1.82) is 0 Å². The summed E-state index contributed by atoms with van der Waals surface area (Å²) in [6.07, 6.45) is 5.71. The molecule has 6 nitrogen and oxygen atoms in total. The molecule has 0 atom stereocenters. The second-order valence-corrected chi connectivity index (χ2v) is 6.28. The molecule has 3 aromatic rings. The minimum Gasteiger partial charge on any atom is -0.290 e. The average molecular weight is 313 g/mol. The molecule has 112 valence electrons. The molecule has 0 bridgehead atoms. The van der Waals surface area contributed by atoms with E-state index in [-0.39, 0.29) is 5.56 Å². The maximum absolute atomic E-state index is 12.1. The van der Waals surface area contributed by atoms with Crippen molar-refractivity contribution >= 4 is 17.5 Å². The van der Waals surface area contributed by atoms with E-state index in [1.54, 1.807) is 18.0 Å². The van der Waals surface area contributed by atoms with Crippen LogP contribution in [0.4, 0.5) is 0 Å². The van der Waals surface area contributed by atoms with E-state index < -0.39 is 0 Å². The van der Waals surface area contributed by atoms with Gasteiger partial charge in [0.25, 0.3) is 5.56 Å². The van der Waals surface area contributed by atoms with Crippen molar-refractivity contribution in [2.45, 2.75) is 36.6 Å². The molecule has 7 heteroatoms. The summed E-state index contributed by atoms with van der Waals surface area (Å²) < 4.78 is 2.00. The number of pyridine rings is 1. The standard InChI is InChI=1S/C15H15N5OS/c21-13-11-6-1-2-7-12(11)20-14(17-13)18-19-15(20)22-9-10-5-3-4-8-16-10/h3-5,8H,1-2,6-7,9H2,(H,17,18,21). The van der Waals surface area contributed by atoms with Crippen LogP contribution in [0.3, 0.4) is 0 Å². The molecule has 4 rings (SSSR count). The average Bonchev–Trinajstić information content (AvgIpc) is 2.97. The Labute approximate surface area is 131 Å². The maximum Gasteiger partial charge on any atom is 0.255 e. The van der Waals surface area contributed by atoms with Crippen LogP contribution in [0.2, 0.25) is 0 Å². The van der Waals surface area contributed by atoms with Crippen molar-refractivity contribution < 1.29 is 0 Å². The lowest BCUT2D eigenvalue weighted by molar-refractivity contribution is 0.639. The summed E-state index contributed by atoms with van der Waals surface area (Å²) in [6, 6.07) is 5.87. The summed E-state index contributed by atoms with van der Waals surface area (Å²) in [7, 11) is 0. The molecule has 1 N–H and O–H groups in total. The fourth-order valence-corrected chi connectivity index (χ4v) is 3.74. The number of aromatic amines is 1. The Kier molecular flexibility index (Phi) is 3.42. The Bertz CT molecular complexity index is 871. The quantitative estimate of drug-likeness (QED) is 0.748. The van der Waals surface area contributed by atoms with Gasteiger partial charge in [-0.25, -0.2) is 0 Å². The lowest BCUT2D eigenvalue weighted by Gasteiger charge is -2.16. The van der Waals surface area contributed by atoms with E-state index in [0.717, 1.165) is 53.5 Å². The topological polar surface area (TPSA) is 75.9 Å². The molecule has 0 saturated heterocycles. The van der Waals surface area contributed by atoms with Crippen LogP contribution >= 0.6 is 11.8 Å². The number of H-pyrrole nitrogens is 1. The first kappa shape index (κ1) is 13.5. The van der Waals surface area contributed by atoms with Crippen LogP contribution in [-0.4, -0.2) is 24.6 Å². The zero-order valence-electron chi connectivity index (χ0n) is 12.0. The fourth-order valence-electron chi connectivity index (χ4n) is 2.87. The highest BCUT2D eigenvalue weighted by Gasteiger charge is 2.20. The first-order valence-corrected chi connectivity index (χ1v) is 8.33. The number of rotatable bonds is 3.